The van der Waals surface area contributed by atoms with Gasteiger partial charge >= 0.3 is 0 Å². The van der Waals surface area contributed by atoms with Crippen molar-refractivity contribution >= 4 is 97.8 Å². The normalized spacial score (nSPS) is 14.4. The van der Waals surface area contributed by atoms with Crippen molar-refractivity contribution in [1.29, 1.82) is 0 Å². The Morgan fingerprint density at radius 2 is 1.09 bits per heavy atom. The highest BCUT2D eigenvalue weighted by molar-refractivity contribution is 8.00. The molecule has 0 saturated heterocycles. The summed E-state index contributed by atoms with van der Waals surface area (Å²) < 4.78 is 0. The fourth-order valence-corrected chi connectivity index (χ4v) is 15.7. The quantitative estimate of drug-likeness (QED) is 0.183. The van der Waals surface area contributed by atoms with E-state index in [4.69, 9.17) is 4.98 Å². The highest BCUT2D eigenvalue weighted by Crippen LogP contribution is 2.56. The molecule has 4 heterocycles. The highest BCUT2D eigenvalue weighted by atomic mass is 32.2. The second kappa shape index (κ2) is 12.0. The first-order valence-corrected chi connectivity index (χ1v) is 21.0. The van der Waals surface area contributed by atoms with Crippen LogP contribution in [0.25, 0.3) is 0 Å². The monoisotopic (exact) mass is 709 g/mol. The van der Waals surface area contributed by atoms with Crippen LogP contribution in [0.1, 0.15) is 0 Å². The van der Waals surface area contributed by atoms with Gasteiger partial charge in [-0.15, -0.1) is 0 Å². The number of nitrogens with zero attached hydrogens (tertiary/aromatic N) is 3. The van der Waals surface area contributed by atoms with Crippen molar-refractivity contribution in [3.63, 3.8) is 0 Å². The number of fused-ring (bicyclic) bond motifs is 7. The van der Waals surface area contributed by atoms with Crippen molar-refractivity contribution in [2.45, 2.75) is 9.79 Å². The Morgan fingerprint density at radius 1 is 0.491 bits per heavy atom. The van der Waals surface area contributed by atoms with E-state index in [2.05, 4.69) is 192 Å². The minimum atomic E-state index is -2.94. The van der Waals surface area contributed by atoms with Crippen LogP contribution in [0.15, 0.2) is 204 Å². The van der Waals surface area contributed by atoms with Crippen LogP contribution in [0.5, 0.6) is 0 Å². The van der Waals surface area contributed by atoms with Gasteiger partial charge in [0.25, 0.3) is 0 Å². The largest absolute Gasteiger partial charge is 0.309 e. The molecule has 6 heteroatoms. The molecule has 8 aromatic rings. The number of hydrogen-bond acceptors (Lipinski definition) is 4. The van der Waals surface area contributed by atoms with Gasteiger partial charge in [0, 0.05) is 22.5 Å². The van der Waals surface area contributed by atoms with E-state index in [1.54, 1.807) is 0 Å². The molecule has 0 atom stereocenters. The van der Waals surface area contributed by atoms with Crippen LogP contribution in [0.3, 0.4) is 0 Å². The molecule has 0 unspecified atom stereocenters. The van der Waals surface area contributed by atoms with Crippen LogP contribution >= 0.6 is 11.8 Å². The van der Waals surface area contributed by atoms with Crippen molar-refractivity contribution < 1.29 is 0 Å². The fraction of sp³-hybridized carbons (Fsp3) is 0. The number of pyridine rings is 1. The number of anilines is 6. The number of benzene rings is 7. The van der Waals surface area contributed by atoms with Crippen LogP contribution in [0.2, 0.25) is 0 Å². The van der Waals surface area contributed by atoms with Gasteiger partial charge < -0.3 is 9.80 Å². The zero-order valence-corrected chi connectivity index (χ0v) is 30.6. The van der Waals surface area contributed by atoms with Gasteiger partial charge in [0.05, 0.1) is 33.8 Å². The maximum absolute atomic E-state index is 4.70. The van der Waals surface area contributed by atoms with Gasteiger partial charge in [-0.05, 0) is 80.2 Å². The van der Waals surface area contributed by atoms with Crippen molar-refractivity contribution in [3.8, 4) is 0 Å². The van der Waals surface area contributed by atoms with E-state index >= 15 is 0 Å². The first-order valence-electron chi connectivity index (χ1n) is 18.2. The van der Waals surface area contributed by atoms with Gasteiger partial charge in [0.15, 0.2) is 8.07 Å². The Hall–Kier alpha value is -6.08. The van der Waals surface area contributed by atoms with Crippen LogP contribution in [-0.2, 0) is 0 Å². The third-order valence-electron chi connectivity index (χ3n) is 11.2. The number of aromatic nitrogens is 1. The third kappa shape index (κ3) is 4.34. The molecule has 0 saturated carbocycles. The maximum atomic E-state index is 4.70. The summed E-state index contributed by atoms with van der Waals surface area (Å²) in [5.74, 6) is 0. The lowest BCUT2D eigenvalue weighted by molar-refractivity contribution is 1.14. The molecule has 0 fully saturated rings. The molecule has 0 N–H and O–H groups in total. The zero-order chi connectivity index (χ0) is 34.9. The predicted molar refractivity (Wildman–Crippen MR) is 226 cm³/mol. The summed E-state index contributed by atoms with van der Waals surface area (Å²) in [6, 6.07) is 67.8. The standard InChI is InChI=1S/C47H32BN3SSi/c1-4-17-33(18-5-1)50-40-27-13-14-28-42(40)52-47-41(50)31-44-45-46(47)51(34-19-16-30-49-32-34)39-26-12-10-24-37(39)48(45)38-25-11-15-29-43(38)53(44,35-20-6-2-7-21-35)36-22-8-3-9-23-36/h1-32H. The van der Waals surface area contributed by atoms with E-state index in [-0.39, 0.29) is 6.71 Å². The molecule has 3 aliphatic rings. The van der Waals surface area contributed by atoms with E-state index in [0.717, 1.165) is 11.4 Å². The molecule has 53 heavy (non-hydrogen) atoms. The number of rotatable bonds is 4. The Balaban J connectivity index is 1.38. The summed E-state index contributed by atoms with van der Waals surface area (Å²) in [5.41, 5.74) is 11.2. The van der Waals surface area contributed by atoms with Crippen molar-refractivity contribution in [2.24, 2.45) is 0 Å². The number of hydrogen-bond donors (Lipinski definition) is 0. The summed E-state index contributed by atoms with van der Waals surface area (Å²) in [6.07, 6.45) is 3.90. The zero-order valence-electron chi connectivity index (χ0n) is 28.8. The van der Waals surface area contributed by atoms with Gasteiger partial charge in [-0.1, -0.05) is 151 Å². The Labute approximate surface area is 315 Å². The van der Waals surface area contributed by atoms with E-state index in [1.165, 1.54) is 69.7 Å². The molecule has 0 bridgehead atoms. The molecule has 248 valence electrons. The lowest BCUT2D eigenvalue weighted by Gasteiger charge is -2.49. The molecule has 0 radical (unpaired) electrons. The molecule has 3 aliphatic heterocycles. The lowest BCUT2D eigenvalue weighted by Crippen LogP contribution is -2.87. The third-order valence-corrected chi connectivity index (χ3v) is 17.3. The minimum Gasteiger partial charge on any atom is -0.309 e. The van der Waals surface area contributed by atoms with Crippen molar-refractivity contribution in [3.05, 3.63) is 194 Å². The van der Waals surface area contributed by atoms with Crippen LogP contribution in [-0.4, -0.2) is 19.8 Å². The molecular weight excluding hydrogens is 678 g/mol. The summed E-state index contributed by atoms with van der Waals surface area (Å²) in [7, 11) is -2.94. The first-order chi connectivity index (χ1) is 26.3. The van der Waals surface area contributed by atoms with E-state index in [0.29, 0.717) is 0 Å². The molecule has 7 aromatic carbocycles. The number of para-hydroxylation sites is 3. The Bertz CT molecular complexity index is 2630. The van der Waals surface area contributed by atoms with Crippen LogP contribution in [0, 0.1) is 0 Å². The van der Waals surface area contributed by atoms with E-state index in [9.17, 15) is 0 Å². The second-order valence-corrected chi connectivity index (χ2v) is 18.7. The molecule has 0 amide bonds. The average molecular weight is 710 g/mol. The van der Waals surface area contributed by atoms with Gasteiger partial charge in [0.1, 0.15) is 0 Å². The Morgan fingerprint density at radius 3 is 1.81 bits per heavy atom. The minimum absolute atomic E-state index is 0.0571. The summed E-state index contributed by atoms with van der Waals surface area (Å²) in [6.45, 7) is 0.0571. The van der Waals surface area contributed by atoms with Crippen LogP contribution in [0.4, 0.5) is 34.1 Å². The van der Waals surface area contributed by atoms with Gasteiger partial charge in [-0.25, -0.2) is 0 Å². The molecule has 0 aliphatic carbocycles. The maximum Gasteiger partial charge on any atom is 0.246 e. The lowest BCUT2D eigenvalue weighted by atomic mass is 9.35. The Kier molecular flexibility index (Phi) is 6.91. The summed E-state index contributed by atoms with van der Waals surface area (Å²) >= 11 is 1.90. The topological polar surface area (TPSA) is 19.4 Å². The second-order valence-electron chi connectivity index (χ2n) is 13.9. The van der Waals surface area contributed by atoms with Crippen molar-refractivity contribution in [1.82, 2.24) is 4.98 Å². The van der Waals surface area contributed by atoms with Gasteiger partial charge in [-0.2, -0.15) is 0 Å². The smallest absolute Gasteiger partial charge is 0.246 e. The fourth-order valence-electron chi connectivity index (χ4n) is 9.25. The SMILES string of the molecule is c1ccc(N2c3ccccc3Sc3c2cc2c4c3N(c3cccnc3)c3ccccc3B4c3ccccc3[Si]2(c2ccccc2)c2ccccc2)cc1. The molecule has 1 aromatic heterocycles. The van der Waals surface area contributed by atoms with Crippen molar-refractivity contribution in [2.75, 3.05) is 9.80 Å². The summed E-state index contributed by atoms with van der Waals surface area (Å²) in [5, 5.41) is 5.68. The first kappa shape index (κ1) is 30.5. The van der Waals surface area contributed by atoms with E-state index < -0.39 is 8.07 Å². The summed E-state index contributed by atoms with van der Waals surface area (Å²) in [4.78, 5) is 12.2. The highest BCUT2D eigenvalue weighted by Gasteiger charge is 2.54. The average Bonchev–Trinajstić information content (AvgIpc) is 3.24. The molecular formula is C47H32BN3SSi. The van der Waals surface area contributed by atoms with Gasteiger partial charge in [0.2, 0.25) is 6.71 Å². The van der Waals surface area contributed by atoms with E-state index in [1.807, 2.05) is 24.2 Å². The molecule has 0 spiro atoms. The van der Waals surface area contributed by atoms with Crippen LogP contribution < -0.4 is 46.9 Å². The van der Waals surface area contributed by atoms with Gasteiger partial charge in [-0.3, -0.25) is 4.98 Å². The molecule has 11 rings (SSSR count). The molecule has 3 nitrogen and oxygen atoms in total. The predicted octanol–water partition coefficient (Wildman–Crippen LogP) is 7.01.